The number of anilines is 2. The van der Waals surface area contributed by atoms with Crippen LogP contribution in [0, 0.1) is 0 Å². The molecule has 3 rings (SSSR count). The predicted octanol–water partition coefficient (Wildman–Crippen LogP) is 3.52. The Morgan fingerprint density at radius 2 is 1.54 bits per heavy atom. The van der Waals surface area contributed by atoms with Gasteiger partial charge in [-0.1, -0.05) is 30.3 Å². The molecule has 1 unspecified atom stereocenters. The highest BCUT2D eigenvalue weighted by atomic mass is 32.2. The zero-order chi connectivity index (χ0) is 17.3. The summed E-state index contributed by atoms with van der Waals surface area (Å²) in [5.74, 6) is -1.75. The van der Waals surface area contributed by atoms with Crippen LogP contribution in [0.4, 0.5) is 11.4 Å². The Morgan fingerprint density at radius 1 is 0.917 bits per heavy atom. The van der Waals surface area contributed by atoms with Gasteiger partial charge in [0.05, 0.1) is 11.4 Å². The number of aromatic hydroxyl groups is 1. The Bertz CT molecular complexity index is 957. The highest BCUT2D eigenvalue weighted by Gasteiger charge is 2.18. The molecule has 0 saturated heterocycles. The fourth-order valence-corrected chi connectivity index (χ4v) is 3.05. The van der Waals surface area contributed by atoms with Crippen LogP contribution in [0.2, 0.25) is 0 Å². The standard InChI is InChI=1S/C17H13NO5S/c19-16-10-14(7-8-15(16)17(20)21)18(24(22)23)13-6-5-11-3-1-2-4-12(11)9-13/h1-10,19H,(H,20,21)(H,22,23). The van der Waals surface area contributed by atoms with Crippen molar-refractivity contribution in [1.82, 2.24) is 0 Å². The second kappa shape index (κ2) is 6.31. The first kappa shape index (κ1) is 16.0. The Kier molecular flexibility index (Phi) is 4.20. The van der Waals surface area contributed by atoms with Crippen LogP contribution in [0.3, 0.4) is 0 Å². The summed E-state index contributed by atoms with van der Waals surface area (Å²) in [6, 6.07) is 16.5. The predicted molar refractivity (Wildman–Crippen MR) is 91.9 cm³/mol. The van der Waals surface area contributed by atoms with E-state index < -0.39 is 23.0 Å². The van der Waals surface area contributed by atoms with Crippen LogP contribution in [0.25, 0.3) is 10.8 Å². The normalized spacial score (nSPS) is 12.0. The molecule has 0 aromatic heterocycles. The average molecular weight is 343 g/mol. The van der Waals surface area contributed by atoms with E-state index in [9.17, 15) is 18.7 Å². The minimum Gasteiger partial charge on any atom is -0.507 e. The second-order valence-electron chi connectivity index (χ2n) is 5.06. The molecule has 0 aliphatic carbocycles. The van der Waals surface area contributed by atoms with E-state index in [1.54, 1.807) is 12.1 Å². The molecule has 1 atom stereocenters. The molecule has 0 bridgehead atoms. The largest absolute Gasteiger partial charge is 0.507 e. The zero-order valence-corrected chi connectivity index (χ0v) is 13.1. The van der Waals surface area contributed by atoms with E-state index in [1.165, 1.54) is 12.1 Å². The maximum atomic E-state index is 11.8. The topological polar surface area (TPSA) is 98.1 Å². The van der Waals surface area contributed by atoms with Crippen molar-refractivity contribution in [3.8, 4) is 5.75 Å². The lowest BCUT2D eigenvalue weighted by Gasteiger charge is -2.21. The highest BCUT2D eigenvalue weighted by molar-refractivity contribution is 7.81. The molecule has 3 N–H and O–H groups in total. The summed E-state index contributed by atoms with van der Waals surface area (Å²) in [6.45, 7) is 0. The van der Waals surface area contributed by atoms with Crippen molar-refractivity contribution in [3.05, 3.63) is 66.2 Å². The molecule has 24 heavy (non-hydrogen) atoms. The van der Waals surface area contributed by atoms with Crippen LogP contribution >= 0.6 is 0 Å². The Labute approximate surface area is 140 Å². The van der Waals surface area contributed by atoms with Gasteiger partial charge >= 0.3 is 5.97 Å². The van der Waals surface area contributed by atoms with E-state index >= 15 is 0 Å². The maximum Gasteiger partial charge on any atom is 0.339 e. The van der Waals surface area contributed by atoms with E-state index in [0.717, 1.165) is 21.1 Å². The number of fused-ring (bicyclic) bond motifs is 1. The van der Waals surface area contributed by atoms with Crippen LogP contribution in [-0.2, 0) is 11.3 Å². The first-order chi connectivity index (χ1) is 11.5. The number of carboxylic acids is 1. The van der Waals surface area contributed by atoms with Gasteiger partial charge in [-0.15, -0.1) is 0 Å². The van der Waals surface area contributed by atoms with E-state index in [2.05, 4.69) is 0 Å². The van der Waals surface area contributed by atoms with Crippen LogP contribution in [0.15, 0.2) is 60.7 Å². The number of rotatable bonds is 4. The van der Waals surface area contributed by atoms with Crippen molar-refractivity contribution < 1.29 is 23.8 Å². The number of aromatic carboxylic acids is 1. The maximum absolute atomic E-state index is 11.8. The van der Waals surface area contributed by atoms with Gasteiger partial charge in [0.15, 0.2) is 0 Å². The summed E-state index contributed by atoms with van der Waals surface area (Å²) < 4.78 is 22.6. The third-order valence-electron chi connectivity index (χ3n) is 3.57. The van der Waals surface area contributed by atoms with Gasteiger partial charge in [0.1, 0.15) is 11.3 Å². The van der Waals surface area contributed by atoms with Gasteiger partial charge in [0, 0.05) is 6.07 Å². The minimum absolute atomic E-state index is 0.202. The number of phenols is 1. The molecule has 0 spiro atoms. The SMILES string of the molecule is O=C(O)c1ccc(N(c2ccc3ccccc3c2)S(=O)O)cc1O. The number of benzene rings is 3. The van der Waals surface area contributed by atoms with Crippen molar-refractivity contribution >= 4 is 39.4 Å². The Hall–Kier alpha value is -2.90. The first-order valence-corrected chi connectivity index (χ1v) is 8.00. The fourth-order valence-electron chi connectivity index (χ4n) is 2.46. The second-order valence-corrected chi connectivity index (χ2v) is 5.89. The monoisotopic (exact) mass is 343 g/mol. The Balaban J connectivity index is 2.10. The molecule has 7 heteroatoms. The molecule has 0 aliphatic rings. The molecular weight excluding hydrogens is 330 g/mol. The van der Waals surface area contributed by atoms with Crippen molar-refractivity contribution in [3.63, 3.8) is 0 Å². The molecule has 0 fully saturated rings. The van der Waals surface area contributed by atoms with Crippen LogP contribution in [0.1, 0.15) is 10.4 Å². The molecule has 0 aliphatic heterocycles. The van der Waals surface area contributed by atoms with Gasteiger partial charge < -0.3 is 10.2 Å². The lowest BCUT2D eigenvalue weighted by atomic mass is 10.1. The quantitative estimate of drug-likeness (QED) is 0.630. The first-order valence-electron chi connectivity index (χ1n) is 6.93. The zero-order valence-electron chi connectivity index (χ0n) is 12.3. The summed E-state index contributed by atoms with van der Waals surface area (Å²) >= 11 is -2.40. The van der Waals surface area contributed by atoms with E-state index in [0.29, 0.717) is 5.69 Å². The summed E-state index contributed by atoms with van der Waals surface area (Å²) in [7, 11) is 0. The summed E-state index contributed by atoms with van der Waals surface area (Å²) in [5.41, 5.74) is 0.367. The van der Waals surface area contributed by atoms with Crippen molar-refractivity contribution in [2.75, 3.05) is 4.31 Å². The summed E-state index contributed by atoms with van der Waals surface area (Å²) in [5, 5.41) is 20.6. The van der Waals surface area contributed by atoms with Gasteiger partial charge in [-0.3, -0.25) is 4.55 Å². The molecule has 0 saturated carbocycles. The third-order valence-corrected chi connectivity index (χ3v) is 4.30. The number of hydrogen-bond acceptors (Lipinski definition) is 3. The molecule has 0 radical (unpaired) electrons. The molecule has 122 valence electrons. The number of nitrogens with zero attached hydrogens (tertiary/aromatic N) is 1. The van der Waals surface area contributed by atoms with E-state index in [1.807, 2.05) is 30.3 Å². The lowest BCUT2D eigenvalue weighted by molar-refractivity contribution is 0.0694. The van der Waals surface area contributed by atoms with Gasteiger partial charge in [-0.2, -0.15) is 0 Å². The minimum atomic E-state index is -2.40. The summed E-state index contributed by atoms with van der Waals surface area (Å²) in [4.78, 5) is 11.0. The third kappa shape index (κ3) is 2.94. The van der Waals surface area contributed by atoms with Crippen LogP contribution in [0.5, 0.6) is 5.75 Å². The van der Waals surface area contributed by atoms with Crippen LogP contribution in [-0.4, -0.2) is 24.9 Å². The van der Waals surface area contributed by atoms with Gasteiger partial charge in [-0.05, 0) is 35.0 Å². The van der Waals surface area contributed by atoms with Gasteiger partial charge in [0.2, 0.25) is 0 Å². The van der Waals surface area contributed by atoms with Gasteiger partial charge in [0.25, 0.3) is 11.3 Å². The molecule has 3 aromatic carbocycles. The smallest absolute Gasteiger partial charge is 0.339 e. The molecule has 3 aromatic rings. The lowest BCUT2D eigenvalue weighted by Crippen LogP contribution is -2.19. The highest BCUT2D eigenvalue weighted by Crippen LogP contribution is 2.32. The Morgan fingerprint density at radius 3 is 2.17 bits per heavy atom. The van der Waals surface area contributed by atoms with Crippen molar-refractivity contribution in [1.29, 1.82) is 0 Å². The molecule has 0 amide bonds. The summed E-state index contributed by atoms with van der Waals surface area (Å²) in [6.07, 6.45) is 0. The number of carboxylic acid groups (broad SMARTS) is 1. The average Bonchev–Trinajstić information content (AvgIpc) is 2.54. The van der Waals surface area contributed by atoms with Crippen molar-refractivity contribution in [2.24, 2.45) is 0 Å². The molecule has 0 heterocycles. The molecular formula is C17H13NO5S. The van der Waals surface area contributed by atoms with E-state index in [-0.39, 0.29) is 11.3 Å². The number of carbonyl (C=O) groups is 1. The van der Waals surface area contributed by atoms with Gasteiger partial charge in [-0.25, -0.2) is 13.3 Å². The fraction of sp³-hybridized carbons (Fsp3) is 0. The van der Waals surface area contributed by atoms with Crippen molar-refractivity contribution in [2.45, 2.75) is 0 Å². The van der Waals surface area contributed by atoms with E-state index in [4.69, 9.17) is 5.11 Å². The number of hydrogen-bond donors (Lipinski definition) is 3. The molecule has 6 nitrogen and oxygen atoms in total. The van der Waals surface area contributed by atoms with Crippen LogP contribution < -0.4 is 4.31 Å².